The van der Waals surface area contributed by atoms with Crippen LogP contribution in [-0.4, -0.2) is 5.78 Å². The number of ketones is 1. The van der Waals surface area contributed by atoms with Gasteiger partial charge in [-0.2, -0.15) is 0 Å². The third kappa shape index (κ3) is 13.5. The van der Waals surface area contributed by atoms with Crippen LogP contribution >= 0.6 is 0 Å². The second-order valence-corrected chi connectivity index (χ2v) is 3.33. The molecular formula is C13H22O. The van der Waals surface area contributed by atoms with Crippen molar-refractivity contribution in [3.63, 3.8) is 0 Å². The highest BCUT2D eigenvalue weighted by Gasteiger charge is 1.95. The Kier molecular flexibility index (Phi) is 10.9. The van der Waals surface area contributed by atoms with Crippen molar-refractivity contribution in [1.29, 1.82) is 0 Å². The van der Waals surface area contributed by atoms with E-state index in [2.05, 4.69) is 6.58 Å². The van der Waals surface area contributed by atoms with E-state index in [0.29, 0.717) is 0 Å². The van der Waals surface area contributed by atoms with Crippen LogP contribution in [0.25, 0.3) is 0 Å². The van der Waals surface area contributed by atoms with Crippen molar-refractivity contribution in [2.75, 3.05) is 0 Å². The zero-order valence-electron chi connectivity index (χ0n) is 10.1. The van der Waals surface area contributed by atoms with Crippen molar-refractivity contribution >= 4 is 5.78 Å². The summed E-state index contributed by atoms with van der Waals surface area (Å²) in [5.74, 6) is 0.139. The summed E-state index contributed by atoms with van der Waals surface area (Å²) < 4.78 is 0. The molecule has 0 atom stereocenters. The third-order valence-electron chi connectivity index (χ3n) is 1.18. The van der Waals surface area contributed by atoms with Gasteiger partial charge in [0.15, 0.2) is 5.78 Å². The molecule has 0 aliphatic rings. The number of carbonyl (C=O) groups excluding carboxylic acids is 1. The summed E-state index contributed by atoms with van der Waals surface area (Å²) in [6.07, 6.45) is 6.57. The molecule has 1 nitrogen and oxygen atoms in total. The first kappa shape index (κ1) is 15.4. The van der Waals surface area contributed by atoms with Gasteiger partial charge in [0.25, 0.3) is 0 Å². The minimum absolute atomic E-state index is 0.139. The average Bonchev–Trinajstić information content (AvgIpc) is 2.02. The molecule has 0 aromatic heterocycles. The van der Waals surface area contributed by atoms with Crippen molar-refractivity contribution in [3.8, 4) is 0 Å². The van der Waals surface area contributed by atoms with Crippen LogP contribution in [0.15, 0.2) is 36.0 Å². The Morgan fingerprint density at radius 1 is 1.29 bits per heavy atom. The fourth-order valence-electron chi connectivity index (χ4n) is 0.729. The lowest BCUT2D eigenvalue weighted by Gasteiger charge is -1.92. The molecule has 0 aromatic rings. The van der Waals surface area contributed by atoms with Gasteiger partial charge >= 0.3 is 0 Å². The van der Waals surface area contributed by atoms with Crippen LogP contribution < -0.4 is 0 Å². The van der Waals surface area contributed by atoms with Crippen LogP contribution in [-0.2, 0) is 4.79 Å². The number of rotatable bonds is 3. The van der Waals surface area contributed by atoms with E-state index in [1.54, 1.807) is 6.92 Å². The Balaban J connectivity index is 0. The zero-order chi connectivity index (χ0) is 11.6. The van der Waals surface area contributed by atoms with Crippen LogP contribution in [0, 0.1) is 0 Å². The number of hydrogen-bond donors (Lipinski definition) is 0. The van der Waals surface area contributed by atoms with Gasteiger partial charge in [-0.3, -0.25) is 4.79 Å². The summed E-state index contributed by atoms with van der Waals surface area (Å²) in [7, 11) is 0. The van der Waals surface area contributed by atoms with Gasteiger partial charge in [0.2, 0.25) is 0 Å². The van der Waals surface area contributed by atoms with Gasteiger partial charge in [0.05, 0.1) is 0 Å². The molecule has 0 unspecified atom stereocenters. The van der Waals surface area contributed by atoms with Crippen LogP contribution in [0.5, 0.6) is 0 Å². The van der Waals surface area contributed by atoms with E-state index in [1.807, 2.05) is 45.9 Å². The Bertz CT molecular complexity index is 228. The van der Waals surface area contributed by atoms with Gasteiger partial charge < -0.3 is 0 Å². The van der Waals surface area contributed by atoms with E-state index in [9.17, 15) is 4.79 Å². The maximum absolute atomic E-state index is 10.8. The Labute approximate surface area is 88.2 Å². The number of allylic oxidation sites excluding steroid dienone is 5. The van der Waals surface area contributed by atoms with Gasteiger partial charge in [-0.05, 0) is 34.1 Å². The predicted octanol–water partition coefficient (Wildman–Crippen LogP) is 4.07. The van der Waals surface area contributed by atoms with Gasteiger partial charge in [0.1, 0.15) is 0 Å². The average molecular weight is 194 g/mol. The predicted molar refractivity (Wildman–Crippen MR) is 64.4 cm³/mol. The number of Topliss-reactive ketones (excluding diaryl/α,β-unsaturated/α-hetero) is 1. The summed E-state index contributed by atoms with van der Waals surface area (Å²) in [5, 5.41) is 0. The van der Waals surface area contributed by atoms with Gasteiger partial charge in [-0.25, -0.2) is 0 Å². The maximum atomic E-state index is 10.8. The first-order valence-electron chi connectivity index (χ1n) is 4.91. The fourth-order valence-corrected chi connectivity index (χ4v) is 0.729. The molecule has 0 aromatic carbocycles. The highest BCUT2D eigenvalue weighted by Crippen LogP contribution is 1.99. The molecule has 0 saturated heterocycles. The van der Waals surface area contributed by atoms with Gasteiger partial charge in [-0.15, -0.1) is 6.58 Å². The maximum Gasteiger partial charge on any atom is 0.159 e. The van der Waals surface area contributed by atoms with Crippen molar-refractivity contribution in [3.05, 3.63) is 36.0 Å². The topological polar surface area (TPSA) is 17.1 Å². The molecule has 0 heterocycles. The molecule has 0 amide bonds. The first-order chi connectivity index (χ1) is 6.45. The molecular weight excluding hydrogens is 172 g/mol. The quantitative estimate of drug-likeness (QED) is 0.376. The summed E-state index contributed by atoms with van der Waals surface area (Å²) >= 11 is 0. The first-order valence-corrected chi connectivity index (χ1v) is 4.91. The Morgan fingerprint density at radius 3 is 1.93 bits per heavy atom. The molecule has 80 valence electrons. The van der Waals surface area contributed by atoms with E-state index < -0.39 is 0 Å². The SMILES string of the molecule is C/C=C\C(=C/CC)C(C)=O.C=C(C)C. The highest BCUT2D eigenvalue weighted by atomic mass is 16.1. The second kappa shape index (κ2) is 9.97. The van der Waals surface area contributed by atoms with E-state index in [4.69, 9.17) is 0 Å². The molecule has 0 bridgehead atoms. The molecule has 0 radical (unpaired) electrons. The molecule has 0 fully saturated rings. The Hall–Kier alpha value is -1.11. The molecule has 0 saturated carbocycles. The van der Waals surface area contributed by atoms with E-state index >= 15 is 0 Å². The van der Waals surface area contributed by atoms with Crippen molar-refractivity contribution in [1.82, 2.24) is 0 Å². The minimum atomic E-state index is 0.139. The van der Waals surface area contributed by atoms with Gasteiger partial charge in [0, 0.05) is 5.57 Å². The minimum Gasteiger partial charge on any atom is -0.295 e. The van der Waals surface area contributed by atoms with Crippen molar-refractivity contribution in [2.45, 2.75) is 41.0 Å². The van der Waals surface area contributed by atoms with Crippen molar-refractivity contribution in [2.24, 2.45) is 0 Å². The van der Waals surface area contributed by atoms with Crippen LogP contribution in [0.2, 0.25) is 0 Å². The second-order valence-electron chi connectivity index (χ2n) is 3.33. The summed E-state index contributed by atoms with van der Waals surface area (Å²) in [6, 6.07) is 0. The van der Waals surface area contributed by atoms with Crippen LogP contribution in [0.4, 0.5) is 0 Å². The molecule has 0 spiro atoms. The number of carbonyl (C=O) groups is 1. The van der Waals surface area contributed by atoms with Crippen LogP contribution in [0.1, 0.15) is 41.0 Å². The zero-order valence-corrected chi connectivity index (χ0v) is 10.1. The summed E-state index contributed by atoms with van der Waals surface area (Å²) in [5.41, 5.74) is 1.98. The third-order valence-corrected chi connectivity index (χ3v) is 1.18. The van der Waals surface area contributed by atoms with Crippen molar-refractivity contribution < 1.29 is 4.79 Å². The fraction of sp³-hybridized carbons (Fsp3) is 0.462. The van der Waals surface area contributed by atoms with E-state index in [1.165, 1.54) is 5.57 Å². The largest absolute Gasteiger partial charge is 0.295 e. The normalized spacial score (nSPS) is 10.8. The lowest BCUT2D eigenvalue weighted by atomic mass is 10.1. The monoisotopic (exact) mass is 194 g/mol. The van der Waals surface area contributed by atoms with E-state index in [-0.39, 0.29) is 5.78 Å². The molecule has 0 aliphatic heterocycles. The number of hydrogen-bond acceptors (Lipinski definition) is 1. The molecule has 0 aliphatic carbocycles. The highest BCUT2D eigenvalue weighted by molar-refractivity contribution is 5.95. The summed E-state index contributed by atoms with van der Waals surface area (Å²) in [6.45, 7) is 13.0. The lowest BCUT2D eigenvalue weighted by Crippen LogP contribution is -1.91. The lowest BCUT2D eigenvalue weighted by molar-refractivity contribution is -0.113. The van der Waals surface area contributed by atoms with Crippen LogP contribution in [0.3, 0.4) is 0 Å². The van der Waals surface area contributed by atoms with E-state index in [0.717, 1.165) is 12.0 Å². The molecule has 0 rings (SSSR count). The molecule has 1 heteroatoms. The Morgan fingerprint density at radius 2 is 1.71 bits per heavy atom. The smallest absolute Gasteiger partial charge is 0.159 e. The molecule has 14 heavy (non-hydrogen) atoms. The standard InChI is InChI=1S/C9H14O.C4H8/c1-4-6-9(7-5-2)8(3)10;1-4(2)3/h4,6-7H,5H2,1-3H3;1H2,2-3H3/b6-4-,9-7+;. The molecule has 0 N–H and O–H groups in total. The summed E-state index contributed by atoms with van der Waals surface area (Å²) in [4.78, 5) is 10.8. The van der Waals surface area contributed by atoms with Gasteiger partial charge in [-0.1, -0.05) is 30.7 Å².